The largest absolute Gasteiger partial charge is 0.478 e. The fourth-order valence-electron chi connectivity index (χ4n) is 4.26. The number of aromatic carboxylic acids is 1. The molecule has 0 saturated heterocycles. The van der Waals surface area contributed by atoms with Gasteiger partial charge in [0.25, 0.3) is 0 Å². The normalized spacial score (nSPS) is 25.4. The van der Waals surface area contributed by atoms with Gasteiger partial charge in [-0.1, -0.05) is 25.0 Å². The lowest BCUT2D eigenvalue weighted by molar-refractivity contribution is 0.0696. The van der Waals surface area contributed by atoms with Crippen molar-refractivity contribution >= 4 is 5.97 Å². The lowest BCUT2D eigenvalue weighted by Gasteiger charge is -2.42. The van der Waals surface area contributed by atoms with Crippen molar-refractivity contribution in [1.82, 2.24) is 4.98 Å². The molecule has 0 amide bonds. The molecule has 0 aliphatic heterocycles. The number of carboxylic acids is 1. The standard InChI is InChI=1S/C20H21NO3/c22-20(23)16-7-10-19(21-12-16)24-17-8-5-15(6-9-17)18-11-13-1-3-14(18)4-2-13/h5-10,12-14,18H,1-4,11H2,(H,22,23). The van der Waals surface area contributed by atoms with Gasteiger partial charge in [-0.25, -0.2) is 9.78 Å². The average molecular weight is 323 g/mol. The molecule has 0 spiro atoms. The van der Waals surface area contributed by atoms with Crippen LogP contribution in [0.2, 0.25) is 0 Å². The molecule has 1 aromatic heterocycles. The van der Waals surface area contributed by atoms with Crippen molar-refractivity contribution in [2.45, 2.75) is 38.0 Å². The lowest BCUT2D eigenvalue weighted by atomic mass is 9.63. The molecule has 1 N–H and O–H groups in total. The average Bonchev–Trinajstić information content (AvgIpc) is 2.64. The summed E-state index contributed by atoms with van der Waals surface area (Å²) in [5, 5.41) is 8.88. The summed E-state index contributed by atoms with van der Waals surface area (Å²) < 4.78 is 5.71. The molecular formula is C20H21NO3. The molecule has 4 heteroatoms. The van der Waals surface area contributed by atoms with Crippen LogP contribution < -0.4 is 4.74 Å². The molecule has 2 aromatic rings. The molecule has 1 heterocycles. The Morgan fingerprint density at radius 2 is 1.79 bits per heavy atom. The van der Waals surface area contributed by atoms with Crippen molar-refractivity contribution in [2.24, 2.45) is 11.8 Å². The maximum Gasteiger partial charge on any atom is 0.337 e. The second kappa shape index (κ2) is 6.27. The molecular weight excluding hydrogens is 302 g/mol. The smallest absolute Gasteiger partial charge is 0.337 e. The van der Waals surface area contributed by atoms with Gasteiger partial charge in [0.05, 0.1) is 5.56 Å². The molecule has 1 aromatic carbocycles. The summed E-state index contributed by atoms with van der Waals surface area (Å²) >= 11 is 0. The van der Waals surface area contributed by atoms with Crippen LogP contribution in [-0.4, -0.2) is 16.1 Å². The minimum absolute atomic E-state index is 0.157. The topological polar surface area (TPSA) is 59.4 Å². The molecule has 4 nitrogen and oxygen atoms in total. The third-order valence-corrected chi connectivity index (χ3v) is 5.56. The monoisotopic (exact) mass is 323 g/mol. The molecule has 3 fully saturated rings. The fraction of sp³-hybridized carbons (Fsp3) is 0.400. The van der Waals surface area contributed by atoms with Gasteiger partial charge in [-0.3, -0.25) is 0 Å². The molecule has 3 saturated carbocycles. The third kappa shape index (κ3) is 3.01. The second-order valence-electron chi connectivity index (χ2n) is 6.98. The van der Waals surface area contributed by atoms with Crippen LogP contribution in [0.1, 0.15) is 53.9 Å². The summed E-state index contributed by atoms with van der Waals surface area (Å²) in [5.41, 5.74) is 1.58. The van der Waals surface area contributed by atoms with E-state index in [4.69, 9.17) is 9.84 Å². The van der Waals surface area contributed by atoms with Gasteiger partial charge in [-0.2, -0.15) is 0 Å². The van der Waals surface area contributed by atoms with Gasteiger partial charge < -0.3 is 9.84 Å². The van der Waals surface area contributed by atoms with Crippen LogP contribution in [0.25, 0.3) is 0 Å². The van der Waals surface area contributed by atoms with Gasteiger partial charge in [-0.05, 0) is 60.8 Å². The van der Waals surface area contributed by atoms with Crippen LogP contribution in [0.15, 0.2) is 42.6 Å². The van der Waals surface area contributed by atoms with E-state index in [1.54, 1.807) is 6.07 Å². The Bertz CT molecular complexity index is 716. The third-order valence-electron chi connectivity index (χ3n) is 5.56. The Morgan fingerprint density at radius 1 is 1.04 bits per heavy atom. The predicted octanol–water partition coefficient (Wildman–Crippen LogP) is 4.87. The Kier molecular flexibility index (Phi) is 3.97. The highest BCUT2D eigenvalue weighted by Crippen LogP contribution is 2.49. The Morgan fingerprint density at radius 3 is 2.33 bits per heavy atom. The van der Waals surface area contributed by atoms with Crippen molar-refractivity contribution < 1.29 is 14.6 Å². The quantitative estimate of drug-likeness (QED) is 0.872. The first-order valence-corrected chi connectivity index (χ1v) is 8.66. The van der Waals surface area contributed by atoms with Crippen LogP contribution in [0.4, 0.5) is 0 Å². The zero-order chi connectivity index (χ0) is 16.5. The zero-order valence-electron chi connectivity index (χ0n) is 13.5. The second-order valence-corrected chi connectivity index (χ2v) is 6.98. The van der Waals surface area contributed by atoms with Gasteiger partial charge in [-0.15, -0.1) is 0 Å². The minimum atomic E-state index is -0.986. The number of fused-ring (bicyclic) bond motifs is 3. The maximum absolute atomic E-state index is 10.8. The molecule has 124 valence electrons. The number of hydrogen-bond donors (Lipinski definition) is 1. The first-order chi connectivity index (χ1) is 11.7. The molecule has 3 aliphatic carbocycles. The number of nitrogens with zero attached hydrogens (tertiary/aromatic N) is 1. The van der Waals surface area contributed by atoms with E-state index in [0.717, 1.165) is 17.6 Å². The molecule has 1 unspecified atom stereocenters. The van der Waals surface area contributed by atoms with E-state index in [1.165, 1.54) is 49.9 Å². The van der Waals surface area contributed by atoms with Crippen molar-refractivity contribution in [3.63, 3.8) is 0 Å². The van der Waals surface area contributed by atoms with E-state index < -0.39 is 5.97 Å². The van der Waals surface area contributed by atoms with Gasteiger partial charge in [0.15, 0.2) is 0 Å². The van der Waals surface area contributed by atoms with Crippen LogP contribution in [-0.2, 0) is 0 Å². The number of benzene rings is 1. The summed E-state index contributed by atoms with van der Waals surface area (Å²) in [6, 6.07) is 11.4. The van der Waals surface area contributed by atoms with Crippen molar-refractivity contribution in [3.05, 3.63) is 53.7 Å². The van der Waals surface area contributed by atoms with Crippen LogP contribution >= 0.6 is 0 Å². The number of carbonyl (C=O) groups is 1. The van der Waals surface area contributed by atoms with Gasteiger partial charge in [0.1, 0.15) is 5.75 Å². The number of ether oxygens (including phenoxy) is 1. The van der Waals surface area contributed by atoms with Crippen LogP contribution in [0.3, 0.4) is 0 Å². The molecule has 1 atom stereocenters. The van der Waals surface area contributed by atoms with E-state index >= 15 is 0 Å². The van der Waals surface area contributed by atoms with Crippen LogP contribution in [0.5, 0.6) is 11.6 Å². The van der Waals surface area contributed by atoms with Crippen LogP contribution in [0, 0.1) is 11.8 Å². The van der Waals surface area contributed by atoms with Gasteiger partial charge in [0.2, 0.25) is 5.88 Å². The Hall–Kier alpha value is -2.36. The molecule has 3 aliphatic rings. The first-order valence-electron chi connectivity index (χ1n) is 8.66. The van der Waals surface area contributed by atoms with Crippen molar-refractivity contribution in [3.8, 4) is 11.6 Å². The number of hydrogen-bond acceptors (Lipinski definition) is 3. The number of pyridine rings is 1. The highest BCUT2D eigenvalue weighted by Gasteiger charge is 2.36. The number of carboxylic acid groups (broad SMARTS) is 1. The van der Waals surface area contributed by atoms with E-state index in [-0.39, 0.29) is 5.56 Å². The van der Waals surface area contributed by atoms with Gasteiger partial charge >= 0.3 is 5.97 Å². The molecule has 0 radical (unpaired) electrons. The van der Waals surface area contributed by atoms with E-state index in [2.05, 4.69) is 17.1 Å². The summed E-state index contributed by atoms with van der Waals surface area (Å²) in [6.45, 7) is 0. The highest BCUT2D eigenvalue weighted by molar-refractivity contribution is 5.87. The number of aromatic nitrogens is 1. The minimum Gasteiger partial charge on any atom is -0.478 e. The zero-order valence-corrected chi connectivity index (χ0v) is 13.5. The highest BCUT2D eigenvalue weighted by atomic mass is 16.5. The fourth-order valence-corrected chi connectivity index (χ4v) is 4.26. The van der Waals surface area contributed by atoms with Crippen molar-refractivity contribution in [2.75, 3.05) is 0 Å². The maximum atomic E-state index is 10.8. The SMILES string of the molecule is O=C(O)c1ccc(Oc2ccc(C3CC4CCC3CC4)cc2)nc1. The van der Waals surface area contributed by atoms with Gasteiger partial charge in [0, 0.05) is 12.3 Å². The molecule has 2 bridgehead atoms. The van der Waals surface area contributed by atoms with E-state index in [9.17, 15) is 4.79 Å². The van der Waals surface area contributed by atoms with Crippen molar-refractivity contribution in [1.29, 1.82) is 0 Å². The summed E-state index contributed by atoms with van der Waals surface area (Å²) in [4.78, 5) is 14.9. The Balaban J connectivity index is 1.45. The lowest BCUT2D eigenvalue weighted by Crippen LogP contribution is -2.29. The first kappa shape index (κ1) is 15.2. The molecule has 24 heavy (non-hydrogen) atoms. The summed E-state index contributed by atoms with van der Waals surface area (Å²) in [5.74, 6) is 2.64. The summed E-state index contributed by atoms with van der Waals surface area (Å²) in [6.07, 6.45) is 8.25. The number of rotatable bonds is 4. The summed E-state index contributed by atoms with van der Waals surface area (Å²) in [7, 11) is 0. The van der Waals surface area contributed by atoms with E-state index in [1.807, 2.05) is 12.1 Å². The molecule has 5 rings (SSSR count). The van der Waals surface area contributed by atoms with E-state index in [0.29, 0.717) is 11.8 Å². The Labute approximate surface area is 141 Å². The predicted molar refractivity (Wildman–Crippen MR) is 90.5 cm³/mol.